The first kappa shape index (κ1) is 31.3. The van der Waals surface area contributed by atoms with Gasteiger partial charge in [0.15, 0.2) is 5.82 Å². The first-order valence-corrected chi connectivity index (χ1v) is 16.0. The third-order valence-corrected chi connectivity index (χ3v) is 8.65. The van der Waals surface area contributed by atoms with E-state index in [9.17, 15) is 8.78 Å². The number of halogens is 2. The van der Waals surface area contributed by atoms with E-state index in [1.54, 1.807) is 24.3 Å². The molecule has 2 aromatic heterocycles. The first-order valence-electron chi connectivity index (χ1n) is 16.0. The topological polar surface area (TPSA) is 110 Å². The summed E-state index contributed by atoms with van der Waals surface area (Å²) in [4.78, 5) is 20.4. The van der Waals surface area contributed by atoms with Crippen LogP contribution in [-0.2, 0) is 17.7 Å². The molecule has 0 amide bonds. The number of aliphatic hydroxyl groups is 1. The molecule has 1 aliphatic heterocycles. The predicted molar refractivity (Wildman–Crippen MR) is 167 cm³/mol. The van der Waals surface area contributed by atoms with Gasteiger partial charge in [-0.1, -0.05) is 30.7 Å². The van der Waals surface area contributed by atoms with Crippen molar-refractivity contribution in [2.45, 2.75) is 64.0 Å². The van der Waals surface area contributed by atoms with Gasteiger partial charge in [-0.2, -0.15) is 15.0 Å². The van der Waals surface area contributed by atoms with Crippen molar-refractivity contribution in [3.8, 4) is 11.7 Å². The number of aromatic nitrogens is 5. The molecule has 3 heterocycles. The van der Waals surface area contributed by atoms with Crippen LogP contribution in [0.3, 0.4) is 0 Å². The number of nitrogens with zero attached hydrogens (tertiary/aromatic N) is 6. The SMILES string of the molecule is OCCOc1cccc(CNC2CCC(CCCc3nc(N4CCOCC4)nc(-n4c(C(F)F)nc5ccccc54)n3)CC2)c1. The van der Waals surface area contributed by atoms with Crippen molar-refractivity contribution in [1.82, 2.24) is 29.8 Å². The Morgan fingerprint density at radius 3 is 2.56 bits per heavy atom. The summed E-state index contributed by atoms with van der Waals surface area (Å²) in [7, 11) is 0. The number of para-hydroxylation sites is 2. The molecule has 0 unspecified atom stereocenters. The molecule has 45 heavy (non-hydrogen) atoms. The van der Waals surface area contributed by atoms with Crippen LogP contribution in [0.25, 0.3) is 17.0 Å². The van der Waals surface area contributed by atoms with E-state index in [4.69, 9.17) is 24.5 Å². The summed E-state index contributed by atoms with van der Waals surface area (Å²) in [5, 5.41) is 12.7. The maximum Gasteiger partial charge on any atom is 0.296 e. The average Bonchev–Trinajstić information content (AvgIpc) is 3.48. The van der Waals surface area contributed by atoms with Gasteiger partial charge < -0.3 is 24.8 Å². The van der Waals surface area contributed by atoms with Crippen molar-refractivity contribution in [3.05, 3.63) is 65.7 Å². The van der Waals surface area contributed by atoms with Gasteiger partial charge in [-0.25, -0.2) is 13.8 Å². The van der Waals surface area contributed by atoms with Crippen molar-refractivity contribution in [2.24, 2.45) is 5.92 Å². The summed E-state index contributed by atoms with van der Waals surface area (Å²) >= 11 is 0. The summed E-state index contributed by atoms with van der Waals surface area (Å²) in [5.41, 5.74) is 2.20. The number of imidazole rings is 1. The van der Waals surface area contributed by atoms with E-state index >= 15 is 0 Å². The Bertz CT molecular complexity index is 1540. The van der Waals surface area contributed by atoms with Gasteiger partial charge >= 0.3 is 0 Å². The molecule has 240 valence electrons. The molecule has 4 aromatic rings. The average molecular weight is 622 g/mol. The van der Waals surface area contributed by atoms with Crippen LogP contribution in [-0.4, -0.2) is 75.2 Å². The van der Waals surface area contributed by atoms with Crippen LogP contribution in [0.4, 0.5) is 14.7 Å². The molecule has 0 spiro atoms. The van der Waals surface area contributed by atoms with Crippen LogP contribution >= 0.6 is 0 Å². The molecule has 0 radical (unpaired) electrons. The Hall–Kier alpha value is -3.74. The molecule has 6 rings (SSSR count). The molecule has 0 bridgehead atoms. The number of aliphatic hydroxyl groups excluding tert-OH is 1. The van der Waals surface area contributed by atoms with Gasteiger partial charge in [-0.15, -0.1) is 0 Å². The minimum absolute atomic E-state index is 0.00287. The maximum absolute atomic E-state index is 14.1. The highest BCUT2D eigenvalue weighted by molar-refractivity contribution is 5.77. The van der Waals surface area contributed by atoms with Crippen LogP contribution in [0.5, 0.6) is 5.75 Å². The lowest BCUT2D eigenvalue weighted by atomic mass is 9.83. The van der Waals surface area contributed by atoms with E-state index in [0.717, 1.165) is 50.8 Å². The number of hydrogen-bond donors (Lipinski definition) is 2. The minimum atomic E-state index is -2.77. The zero-order valence-electron chi connectivity index (χ0n) is 25.5. The van der Waals surface area contributed by atoms with Crippen molar-refractivity contribution < 1.29 is 23.4 Å². The molecule has 10 nitrogen and oxygen atoms in total. The van der Waals surface area contributed by atoms with Gasteiger partial charge in [0.05, 0.1) is 30.9 Å². The molecule has 2 aliphatic rings. The Morgan fingerprint density at radius 2 is 1.76 bits per heavy atom. The first-order chi connectivity index (χ1) is 22.1. The second-order valence-corrected chi connectivity index (χ2v) is 11.8. The van der Waals surface area contributed by atoms with Crippen LogP contribution in [0, 0.1) is 5.92 Å². The molecule has 2 fully saturated rings. The van der Waals surface area contributed by atoms with Crippen LogP contribution in [0.1, 0.15) is 62.2 Å². The second kappa shape index (κ2) is 15.0. The van der Waals surface area contributed by atoms with E-state index in [-0.39, 0.29) is 18.4 Å². The number of ether oxygens (including phenoxy) is 2. The lowest BCUT2D eigenvalue weighted by Crippen LogP contribution is -2.37. The highest BCUT2D eigenvalue weighted by Gasteiger charge is 2.25. The van der Waals surface area contributed by atoms with Gasteiger partial charge in [0.2, 0.25) is 11.9 Å². The Balaban J connectivity index is 1.08. The summed E-state index contributed by atoms with van der Waals surface area (Å²) in [6.07, 6.45) is 4.46. The highest BCUT2D eigenvalue weighted by Crippen LogP contribution is 2.30. The Morgan fingerprint density at radius 1 is 0.956 bits per heavy atom. The lowest BCUT2D eigenvalue weighted by Gasteiger charge is -2.29. The van der Waals surface area contributed by atoms with E-state index in [0.29, 0.717) is 74.1 Å². The van der Waals surface area contributed by atoms with Crippen molar-refractivity contribution in [1.29, 1.82) is 0 Å². The molecule has 12 heteroatoms. The number of fused-ring (bicyclic) bond motifs is 1. The summed E-state index contributed by atoms with van der Waals surface area (Å²) in [5.74, 6) is 2.34. The predicted octanol–water partition coefficient (Wildman–Crippen LogP) is 5.03. The molecule has 1 saturated heterocycles. The third-order valence-electron chi connectivity index (χ3n) is 8.65. The summed E-state index contributed by atoms with van der Waals surface area (Å²) in [6, 6.07) is 15.6. The summed E-state index contributed by atoms with van der Waals surface area (Å²) in [6.45, 7) is 3.49. The van der Waals surface area contributed by atoms with Gasteiger partial charge in [0.25, 0.3) is 6.43 Å². The van der Waals surface area contributed by atoms with E-state index in [2.05, 4.69) is 21.4 Å². The Kier molecular flexibility index (Phi) is 10.4. The minimum Gasteiger partial charge on any atom is -0.491 e. The van der Waals surface area contributed by atoms with E-state index in [1.807, 2.05) is 23.1 Å². The maximum atomic E-state index is 14.1. The molecule has 2 N–H and O–H groups in total. The number of alkyl halides is 2. The highest BCUT2D eigenvalue weighted by atomic mass is 19.3. The largest absolute Gasteiger partial charge is 0.491 e. The second-order valence-electron chi connectivity index (χ2n) is 11.8. The van der Waals surface area contributed by atoms with Gasteiger partial charge in [-0.3, -0.25) is 4.57 Å². The molecular formula is C33H41F2N7O3. The fraction of sp³-hybridized carbons (Fsp3) is 0.515. The van der Waals surface area contributed by atoms with Crippen molar-refractivity contribution in [3.63, 3.8) is 0 Å². The molecule has 0 atom stereocenters. The number of benzene rings is 2. The monoisotopic (exact) mass is 621 g/mol. The molecule has 2 aromatic carbocycles. The zero-order chi connectivity index (χ0) is 31.0. The number of hydrogen-bond acceptors (Lipinski definition) is 9. The van der Waals surface area contributed by atoms with E-state index < -0.39 is 6.43 Å². The Labute approximate surface area is 261 Å². The summed E-state index contributed by atoms with van der Waals surface area (Å²) < 4.78 is 40.7. The van der Waals surface area contributed by atoms with Gasteiger partial charge in [-0.05, 0) is 67.9 Å². The van der Waals surface area contributed by atoms with Crippen LogP contribution < -0.4 is 15.0 Å². The third kappa shape index (κ3) is 7.92. The number of morpholine rings is 1. The molecular weight excluding hydrogens is 580 g/mol. The van der Waals surface area contributed by atoms with Gasteiger partial charge in [0.1, 0.15) is 18.2 Å². The number of nitrogens with one attached hydrogen (secondary N) is 1. The van der Waals surface area contributed by atoms with Crippen LogP contribution in [0.2, 0.25) is 0 Å². The normalized spacial score (nSPS) is 19.0. The number of rotatable bonds is 13. The number of anilines is 1. The van der Waals surface area contributed by atoms with Crippen molar-refractivity contribution >= 4 is 17.0 Å². The van der Waals surface area contributed by atoms with Crippen LogP contribution in [0.15, 0.2) is 48.5 Å². The number of aryl methyl sites for hydroxylation is 1. The lowest BCUT2D eigenvalue weighted by molar-refractivity contribution is 0.122. The molecule has 1 aliphatic carbocycles. The fourth-order valence-electron chi connectivity index (χ4n) is 6.29. The zero-order valence-corrected chi connectivity index (χ0v) is 25.5. The smallest absolute Gasteiger partial charge is 0.296 e. The molecule has 1 saturated carbocycles. The quantitative estimate of drug-likeness (QED) is 0.213. The van der Waals surface area contributed by atoms with E-state index in [1.165, 1.54) is 10.1 Å². The standard InChI is InChI=1S/C33H41F2N7O3/c34-30(35)31-37-27-8-1-2-9-28(27)42(31)33-39-29(38-32(40-33)41-15-18-44-19-16-41)10-4-5-23-11-13-25(14-12-23)36-22-24-6-3-7-26(21-24)45-20-17-43/h1-3,6-9,21,23,25,30,36,43H,4-5,10-20,22H2. The fourth-order valence-corrected chi connectivity index (χ4v) is 6.29. The van der Waals surface area contributed by atoms with Gasteiger partial charge in [0, 0.05) is 32.1 Å². The van der Waals surface area contributed by atoms with Crippen molar-refractivity contribution in [2.75, 3.05) is 44.4 Å².